The number of hydrogen-bond acceptors (Lipinski definition) is 6. The molecule has 1 atom stereocenters. The standard InChI is InChI=1S/C61H106O6/c1-4-7-10-13-16-19-22-25-27-29-31-33-36-39-42-45-48-51-54-60(63)66-57-58(56-65-59(62)53-50-47-44-41-38-35-24-21-18-15-12-9-6-3)67-61(64)55-52-49-46-43-40-37-34-32-30-28-26-23-20-17-14-11-8-5-2/h9,12,18,21,27-30,35,38,44,47,58H,4-8,10-11,13-17,19-20,22-26,31-34,36-37,39-43,45-46,48-57H2,1-3H3/b12-9-,21-18-,29-27-,30-28-,38-35-,47-44-. The summed E-state index contributed by atoms with van der Waals surface area (Å²) in [5.41, 5.74) is 0. The minimum Gasteiger partial charge on any atom is -0.462 e. The summed E-state index contributed by atoms with van der Waals surface area (Å²) < 4.78 is 16.8. The van der Waals surface area contributed by atoms with E-state index in [1.54, 1.807) is 0 Å². The van der Waals surface area contributed by atoms with Gasteiger partial charge in [-0.05, 0) is 96.3 Å². The van der Waals surface area contributed by atoms with Crippen molar-refractivity contribution in [3.8, 4) is 0 Å². The third kappa shape index (κ3) is 53.7. The van der Waals surface area contributed by atoms with Gasteiger partial charge in [0.25, 0.3) is 0 Å². The Morgan fingerprint density at radius 2 is 0.612 bits per heavy atom. The third-order valence-electron chi connectivity index (χ3n) is 12.2. The summed E-state index contributed by atoms with van der Waals surface area (Å²) in [4.78, 5) is 38.1. The molecule has 0 heterocycles. The number of carbonyl (C=O) groups excluding carboxylic acids is 3. The van der Waals surface area contributed by atoms with Crippen LogP contribution in [0.15, 0.2) is 72.9 Å². The fourth-order valence-corrected chi connectivity index (χ4v) is 7.92. The first kappa shape index (κ1) is 63.8. The van der Waals surface area contributed by atoms with Crippen molar-refractivity contribution in [3.05, 3.63) is 72.9 Å². The van der Waals surface area contributed by atoms with E-state index in [1.807, 2.05) is 6.08 Å². The highest BCUT2D eigenvalue weighted by molar-refractivity contribution is 5.71. The quantitative estimate of drug-likeness (QED) is 0.0262. The average Bonchev–Trinajstić information content (AvgIpc) is 3.33. The van der Waals surface area contributed by atoms with Gasteiger partial charge in [-0.2, -0.15) is 0 Å². The molecular formula is C61H106O6. The molecule has 0 aromatic carbocycles. The lowest BCUT2D eigenvalue weighted by molar-refractivity contribution is -0.166. The molecule has 0 saturated heterocycles. The zero-order valence-electron chi connectivity index (χ0n) is 44.2. The first-order chi connectivity index (χ1) is 33.0. The Bertz CT molecular complexity index is 1260. The monoisotopic (exact) mass is 935 g/mol. The van der Waals surface area contributed by atoms with Crippen LogP contribution >= 0.6 is 0 Å². The highest BCUT2D eigenvalue weighted by atomic mass is 16.6. The Hall–Kier alpha value is -3.15. The predicted octanol–water partition coefficient (Wildman–Crippen LogP) is 19.0. The van der Waals surface area contributed by atoms with Gasteiger partial charge in [-0.1, -0.05) is 235 Å². The second kappa shape index (κ2) is 55.4. The number of esters is 3. The molecule has 0 saturated carbocycles. The van der Waals surface area contributed by atoms with Crippen LogP contribution in [0.4, 0.5) is 0 Å². The van der Waals surface area contributed by atoms with E-state index in [9.17, 15) is 14.4 Å². The van der Waals surface area contributed by atoms with Crippen molar-refractivity contribution < 1.29 is 28.6 Å². The Morgan fingerprint density at radius 3 is 1.00 bits per heavy atom. The largest absolute Gasteiger partial charge is 0.462 e. The van der Waals surface area contributed by atoms with Crippen LogP contribution in [0, 0.1) is 0 Å². The van der Waals surface area contributed by atoms with Crippen molar-refractivity contribution in [3.63, 3.8) is 0 Å². The molecule has 6 heteroatoms. The van der Waals surface area contributed by atoms with Crippen molar-refractivity contribution in [1.29, 1.82) is 0 Å². The lowest BCUT2D eigenvalue weighted by Gasteiger charge is -2.18. The van der Waals surface area contributed by atoms with E-state index in [0.29, 0.717) is 19.3 Å². The Balaban J connectivity index is 4.43. The normalized spacial score (nSPS) is 12.6. The van der Waals surface area contributed by atoms with E-state index in [1.165, 1.54) is 167 Å². The van der Waals surface area contributed by atoms with E-state index in [-0.39, 0.29) is 37.5 Å². The number of allylic oxidation sites excluding steroid dienone is 12. The smallest absolute Gasteiger partial charge is 0.306 e. The maximum absolute atomic E-state index is 12.8. The number of hydrogen-bond donors (Lipinski definition) is 0. The lowest BCUT2D eigenvalue weighted by atomic mass is 10.1. The zero-order valence-corrected chi connectivity index (χ0v) is 44.2. The van der Waals surface area contributed by atoms with Gasteiger partial charge in [0.2, 0.25) is 0 Å². The summed E-state index contributed by atoms with van der Waals surface area (Å²) in [6.07, 6.45) is 70.5. The molecular weight excluding hydrogens is 829 g/mol. The summed E-state index contributed by atoms with van der Waals surface area (Å²) in [7, 11) is 0. The van der Waals surface area contributed by atoms with Crippen molar-refractivity contribution in [2.45, 2.75) is 284 Å². The summed E-state index contributed by atoms with van der Waals surface area (Å²) in [6.45, 7) is 6.47. The molecule has 0 rings (SSSR count). The van der Waals surface area contributed by atoms with Gasteiger partial charge in [0.15, 0.2) is 6.10 Å². The van der Waals surface area contributed by atoms with Crippen molar-refractivity contribution in [2.75, 3.05) is 13.2 Å². The molecule has 386 valence electrons. The molecule has 0 aliphatic rings. The fourth-order valence-electron chi connectivity index (χ4n) is 7.92. The minimum absolute atomic E-state index is 0.101. The average molecular weight is 936 g/mol. The van der Waals surface area contributed by atoms with E-state index >= 15 is 0 Å². The van der Waals surface area contributed by atoms with Crippen LogP contribution in [0.25, 0.3) is 0 Å². The maximum atomic E-state index is 12.8. The van der Waals surface area contributed by atoms with Crippen molar-refractivity contribution >= 4 is 17.9 Å². The fraction of sp³-hybridized carbons (Fsp3) is 0.754. The van der Waals surface area contributed by atoms with Gasteiger partial charge in [0.1, 0.15) is 13.2 Å². The Kier molecular flexibility index (Phi) is 52.8. The first-order valence-electron chi connectivity index (χ1n) is 28.4. The molecule has 0 spiro atoms. The minimum atomic E-state index is -0.808. The van der Waals surface area contributed by atoms with Crippen LogP contribution in [0.5, 0.6) is 0 Å². The second-order valence-corrected chi connectivity index (χ2v) is 18.8. The lowest BCUT2D eigenvalue weighted by Crippen LogP contribution is -2.30. The Morgan fingerprint density at radius 1 is 0.313 bits per heavy atom. The number of unbranched alkanes of at least 4 members (excludes halogenated alkanes) is 28. The van der Waals surface area contributed by atoms with Crippen molar-refractivity contribution in [1.82, 2.24) is 0 Å². The van der Waals surface area contributed by atoms with Crippen LogP contribution in [-0.4, -0.2) is 37.2 Å². The van der Waals surface area contributed by atoms with E-state index < -0.39 is 6.10 Å². The van der Waals surface area contributed by atoms with Gasteiger partial charge in [-0.15, -0.1) is 0 Å². The molecule has 0 aliphatic heterocycles. The Labute approximate surface area is 414 Å². The molecule has 0 bridgehead atoms. The molecule has 0 aliphatic carbocycles. The molecule has 1 unspecified atom stereocenters. The number of rotatable bonds is 51. The topological polar surface area (TPSA) is 78.9 Å². The number of carbonyl (C=O) groups is 3. The van der Waals surface area contributed by atoms with Gasteiger partial charge in [0, 0.05) is 19.3 Å². The van der Waals surface area contributed by atoms with E-state index in [4.69, 9.17) is 14.2 Å². The molecule has 0 aromatic rings. The first-order valence-corrected chi connectivity index (χ1v) is 28.4. The molecule has 0 N–H and O–H groups in total. The van der Waals surface area contributed by atoms with Gasteiger partial charge in [-0.3, -0.25) is 14.4 Å². The van der Waals surface area contributed by atoms with Crippen LogP contribution < -0.4 is 0 Å². The molecule has 0 aromatic heterocycles. The molecule has 0 fully saturated rings. The number of ether oxygens (including phenoxy) is 3. The zero-order chi connectivity index (χ0) is 48.6. The van der Waals surface area contributed by atoms with Gasteiger partial charge in [-0.25, -0.2) is 0 Å². The SMILES string of the molecule is CC/C=C\C/C=C\C/C=C\C/C=C\CCC(=O)OCC(COC(=O)CCCCCCCCC/C=C\CCCCCCCCC)OC(=O)CCCCCCCCC/C=C\CCCCCCCCC. The van der Waals surface area contributed by atoms with Crippen LogP contribution in [0.2, 0.25) is 0 Å². The molecule has 0 amide bonds. The van der Waals surface area contributed by atoms with Gasteiger partial charge < -0.3 is 14.2 Å². The predicted molar refractivity (Wildman–Crippen MR) is 288 cm³/mol. The molecule has 0 radical (unpaired) electrons. The van der Waals surface area contributed by atoms with Crippen molar-refractivity contribution in [2.24, 2.45) is 0 Å². The molecule has 6 nitrogen and oxygen atoms in total. The van der Waals surface area contributed by atoms with Gasteiger partial charge >= 0.3 is 17.9 Å². The van der Waals surface area contributed by atoms with Crippen LogP contribution in [-0.2, 0) is 28.6 Å². The highest BCUT2D eigenvalue weighted by Crippen LogP contribution is 2.15. The van der Waals surface area contributed by atoms with Crippen LogP contribution in [0.1, 0.15) is 278 Å². The third-order valence-corrected chi connectivity index (χ3v) is 12.2. The summed E-state index contributed by atoms with van der Waals surface area (Å²) >= 11 is 0. The summed E-state index contributed by atoms with van der Waals surface area (Å²) in [5.74, 6) is -0.987. The van der Waals surface area contributed by atoms with E-state index in [0.717, 1.165) is 64.2 Å². The summed E-state index contributed by atoms with van der Waals surface area (Å²) in [6, 6.07) is 0. The van der Waals surface area contributed by atoms with E-state index in [2.05, 4.69) is 87.6 Å². The molecule has 67 heavy (non-hydrogen) atoms. The maximum Gasteiger partial charge on any atom is 0.306 e. The highest BCUT2D eigenvalue weighted by Gasteiger charge is 2.19. The summed E-state index contributed by atoms with van der Waals surface area (Å²) in [5, 5.41) is 0. The second-order valence-electron chi connectivity index (χ2n) is 18.8. The van der Waals surface area contributed by atoms with Gasteiger partial charge in [0.05, 0.1) is 0 Å². The van der Waals surface area contributed by atoms with Crippen LogP contribution in [0.3, 0.4) is 0 Å².